The lowest BCUT2D eigenvalue weighted by Gasteiger charge is -2.29. The summed E-state index contributed by atoms with van der Waals surface area (Å²) in [5.74, 6) is 1.44. The van der Waals surface area contributed by atoms with Gasteiger partial charge in [-0.2, -0.15) is 0 Å². The number of rotatable bonds is 2. The highest BCUT2D eigenvalue weighted by atomic mass is 14.9. The zero-order valence-corrected chi connectivity index (χ0v) is 10.2. The van der Waals surface area contributed by atoms with E-state index in [0.717, 1.165) is 12.3 Å². The van der Waals surface area contributed by atoms with Gasteiger partial charge in [0, 0.05) is 11.9 Å². The number of nitrogens with zero attached hydrogens (tertiary/aromatic N) is 1. The molecule has 0 unspecified atom stereocenters. The summed E-state index contributed by atoms with van der Waals surface area (Å²) in [7, 11) is 0. The van der Waals surface area contributed by atoms with Crippen LogP contribution < -0.4 is 0 Å². The van der Waals surface area contributed by atoms with E-state index in [2.05, 4.69) is 41.2 Å². The van der Waals surface area contributed by atoms with Crippen LogP contribution in [0.3, 0.4) is 0 Å². The van der Waals surface area contributed by atoms with Gasteiger partial charge in [0.25, 0.3) is 0 Å². The van der Waals surface area contributed by atoms with Gasteiger partial charge in [-0.15, -0.1) is 0 Å². The molecule has 0 radical (unpaired) electrons. The summed E-state index contributed by atoms with van der Waals surface area (Å²) < 4.78 is 0. The summed E-state index contributed by atoms with van der Waals surface area (Å²) >= 11 is 0. The van der Waals surface area contributed by atoms with E-state index in [1.807, 2.05) is 6.20 Å². The third kappa shape index (κ3) is 2.12. The van der Waals surface area contributed by atoms with Crippen molar-refractivity contribution in [2.75, 3.05) is 0 Å². The number of aromatic nitrogens is 2. The molecule has 3 rings (SSSR count). The fraction of sp³-hybridized carbons (Fsp3) is 0.400. The molecule has 88 valence electrons. The summed E-state index contributed by atoms with van der Waals surface area (Å²) in [6, 6.07) is 8.88. The molecule has 1 aromatic heterocycles. The average molecular weight is 226 g/mol. The van der Waals surface area contributed by atoms with Crippen LogP contribution in [0.25, 0.3) is 0 Å². The topological polar surface area (TPSA) is 28.7 Å². The summed E-state index contributed by atoms with van der Waals surface area (Å²) in [6.45, 7) is 2.35. The number of imidazole rings is 1. The first kappa shape index (κ1) is 10.6. The lowest BCUT2D eigenvalue weighted by Crippen LogP contribution is -2.19. The molecule has 0 spiro atoms. The Labute approximate surface area is 102 Å². The van der Waals surface area contributed by atoms with E-state index in [0.29, 0.717) is 5.92 Å². The van der Waals surface area contributed by atoms with Crippen LogP contribution in [-0.4, -0.2) is 9.97 Å². The van der Waals surface area contributed by atoms with Gasteiger partial charge in [-0.05, 0) is 42.2 Å². The molecular formula is C15H18N2. The Morgan fingerprint density at radius 1 is 1.35 bits per heavy atom. The first-order valence-electron chi connectivity index (χ1n) is 6.38. The monoisotopic (exact) mass is 226 g/mol. The van der Waals surface area contributed by atoms with Crippen molar-refractivity contribution in [2.24, 2.45) is 5.92 Å². The van der Waals surface area contributed by atoms with Gasteiger partial charge in [0.15, 0.2) is 0 Å². The van der Waals surface area contributed by atoms with E-state index < -0.39 is 0 Å². The number of nitrogens with one attached hydrogen (secondary N) is 1. The second-order valence-electron chi connectivity index (χ2n) is 5.19. The number of hydrogen-bond acceptors (Lipinski definition) is 1. The molecule has 1 aromatic carbocycles. The summed E-state index contributed by atoms with van der Waals surface area (Å²) in [4.78, 5) is 7.31. The maximum atomic E-state index is 4.10. The largest absolute Gasteiger partial charge is 0.348 e. The second kappa shape index (κ2) is 4.36. The molecule has 0 fully saturated rings. The van der Waals surface area contributed by atoms with Gasteiger partial charge < -0.3 is 4.98 Å². The quantitative estimate of drug-likeness (QED) is 0.836. The van der Waals surface area contributed by atoms with Crippen LogP contribution in [0.2, 0.25) is 0 Å². The van der Waals surface area contributed by atoms with Crippen molar-refractivity contribution < 1.29 is 0 Å². The maximum Gasteiger partial charge on any atom is 0.0921 e. The molecule has 2 nitrogen and oxygen atoms in total. The van der Waals surface area contributed by atoms with Gasteiger partial charge >= 0.3 is 0 Å². The third-order valence-corrected chi connectivity index (χ3v) is 3.84. The molecule has 1 N–H and O–H groups in total. The third-order valence-electron chi connectivity index (χ3n) is 3.84. The highest BCUT2D eigenvalue weighted by Crippen LogP contribution is 2.35. The standard InChI is InChI=1S/C15H18N2/c1-11-6-12(8-14-9-16-10-17-14)7-13-4-2-3-5-15(11)13/h2-5,9-12H,6-8H2,1H3,(H,16,17)/t11-,12+/m1/s1. The predicted octanol–water partition coefficient (Wildman–Crippen LogP) is 3.32. The fourth-order valence-electron chi connectivity index (χ4n) is 3.08. The minimum Gasteiger partial charge on any atom is -0.348 e. The lowest BCUT2D eigenvalue weighted by atomic mass is 9.76. The minimum absolute atomic E-state index is 0.688. The van der Waals surface area contributed by atoms with Gasteiger partial charge in [-0.3, -0.25) is 0 Å². The summed E-state index contributed by atoms with van der Waals surface area (Å²) in [5, 5.41) is 0. The molecule has 0 aliphatic heterocycles. The number of hydrogen-bond donors (Lipinski definition) is 1. The summed E-state index contributed by atoms with van der Waals surface area (Å²) in [5.41, 5.74) is 4.35. The van der Waals surface area contributed by atoms with Crippen LogP contribution >= 0.6 is 0 Å². The predicted molar refractivity (Wildman–Crippen MR) is 69.0 cm³/mol. The van der Waals surface area contributed by atoms with Crippen molar-refractivity contribution in [1.82, 2.24) is 9.97 Å². The molecule has 0 saturated carbocycles. The van der Waals surface area contributed by atoms with E-state index >= 15 is 0 Å². The van der Waals surface area contributed by atoms with Crippen LogP contribution in [0.15, 0.2) is 36.8 Å². The smallest absolute Gasteiger partial charge is 0.0921 e. The molecule has 1 aliphatic carbocycles. The molecule has 0 saturated heterocycles. The van der Waals surface area contributed by atoms with Crippen LogP contribution in [-0.2, 0) is 12.8 Å². The van der Waals surface area contributed by atoms with Crippen molar-refractivity contribution in [3.8, 4) is 0 Å². The van der Waals surface area contributed by atoms with Crippen molar-refractivity contribution >= 4 is 0 Å². The zero-order valence-electron chi connectivity index (χ0n) is 10.2. The number of benzene rings is 1. The van der Waals surface area contributed by atoms with Crippen LogP contribution in [0.1, 0.15) is 36.1 Å². The highest BCUT2D eigenvalue weighted by Gasteiger charge is 2.23. The number of H-pyrrole nitrogens is 1. The Hall–Kier alpha value is -1.57. The average Bonchev–Trinajstić information content (AvgIpc) is 2.82. The van der Waals surface area contributed by atoms with E-state index in [1.165, 1.54) is 24.1 Å². The molecule has 2 aromatic rings. The van der Waals surface area contributed by atoms with Crippen molar-refractivity contribution in [1.29, 1.82) is 0 Å². The van der Waals surface area contributed by atoms with Crippen molar-refractivity contribution in [3.05, 3.63) is 53.6 Å². The minimum atomic E-state index is 0.688. The van der Waals surface area contributed by atoms with Gasteiger partial charge in [-0.25, -0.2) is 4.98 Å². The first-order valence-corrected chi connectivity index (χ1v) is 6.38. The molecule has 1 aliphatic rings. The van der Waals surface area contributed by atoms with Crippen molar-refractivity contribution in [2.45, 2.75) is 32.1 Å². The Kier molecular flexibility index (Phi) is 2.71. The van der Waals surface area contributed by atoms with Crippen molar-refractivity contribution in [3.63, 3.8) is 0 Å². The number of aromatic amines is 1. The molecular weight excluding hydrogens is 208 g/mol. The molecule has 2 atom stereocenters. The summed E-state index contributed by atoms with van der Waals surface area (Å²) in [6.07, 6.45) is 7.34. The van der Waals surface area contributed by atoms with E-state index in [9.17, 15) is 0 Å². The Bertz CT molecular complexity index is 487. The van der Waals surface area contributed by atoms with E-state index in [-0.39, 0.29) is 0 Å². The first-order chi connectivity index (χ1) is 8.33. The Balaban J connectivity index is 1.79. The Morgan fingerprint density at radius 2 is 2.24 bits per heavy atom. The number of fused-ring (bicyclic) bond motifs is 1. The molecule has 1 heterocycles. The molecule has 0 bridgehead atoms. The molecule has 2 heteroatoms. The second-order valence-corrected chi connectivity index (χ2v) is 5.19. The van der Waals surface area contributed by atoms with E-state index in [1.54, 1.807) is 11.9 Å². The van der Waals surface area contributed by atoms with Gasteiger partial charge in [0.05, 0.1) is 6.33 Å². The van der Waals surface area contributed by atoms with E-state index in [4.69, 9.17) is 0 Å². The zero-order chi connectivity index (χ0) is 11.7. The lowest BCUT2D eigenvalue weighted by molar-refractivity contribution is 0.411. The molecule has 0 amide bonds. The van der Waals surface area contributed by atoms with Gasteiger partial charge in [0.2, 0.25) is 0 Å². The fourth-order valence-corrected chi connectivity index (χ4v) is 3.08. The van der Waals surface area contributed by atoms with Gasteiger partial charge in [-0.1, -0.05) is 31.2 Å². The maximum absolute atomic E-state index is 4.10. The molecule has 17 heavy (non-hydrogen) atoms. The Morgan fingerprint density at radius 3 is 3.06 bits per heavy atom. The van der Waals surface area contributed by atoms with Gasteiger partial charge in [0.1, 0.15) is 0 Å². The SMILES string of the molecule is C[C@@H]1C[C@H](Cc2cnc[nH]2)Cc2ccccc21. The van der Waals surface area contributed by atoms with Crippen LogP contribution in [0.4, 0.5) is 0 Å². The van der Waals surface area contributed by atoms with Crippen LogP contribution in [0, 0.1) is 5.92 Å². The highest BCUT2D eigenvalue weighted by molar-refractivity contribution is 5.32. The normalized spacial score (nSPS) is 23.4. The van der Waals surface area contributed by atoms with Crippen LogP contribution in [0.5, 0.6) is 0 Å².